The third-order valence-corrected chi connectivity index (χ3v) is 2.48. The topological polar surface area (TPSA) is 52.6 Å². The van der Waals surface area contributed by atoms with Crippen molar-refractivity contribution in [3.05, 3.63) is 12.3 Å². The molecule has 0 saturated heterocycles. The summed E-state index contributed by atoms with van der Waals surface area (Å²) >= 11 is 3.31. The van der Waals surface area contributed by atoms with Crippen LogP contribution in [0.5, 0.6) is 0 Å². The van der Waals surface area contributed by atoms with Gasteiger partial charge in [0, 0.05) is 11.8 Å². The first-order chi connectivity index (χ1) is 8.11. The Morgan fingerprint density at radius 1 is 1.24 bits per heavy atom. The molecule has 0 fully saturated rings. The molecule has 0 aliphatic rings. The van der Waals surface area contributed by atoms with Crippen LogP contribution in [0.3, 0.4) is 0 Å². The fourth-order valence-electron chi connectivity index (χ4n) is 1.05. The van der Waals surface area contributed by atoms with Crippen molar-refractivity contribution in [2.75, 3.05) is 11.9 Å². The lowest BCUT2D eigenvalue weighted by atomic mass is 10.2. The standard InChI is InChI=1S/C12H19BrO4/c1-3-9-16-12(15)10(2)17-11(14)7-5-4-6-8-13/h2-9H2,1H3. The summed E-state index contributed by atoms with van der Waals surface area (Å²) in [6.45, 7) is 5.55. The minimum absolute atomic E-state index is 0.232. The fraction of sp³-hybridized carbons (Fsp3) is 0.667. The highest BCUT2D eigenvalue weighted by molar-refractivity contribution is 9.09. The van der Waals surface area contributed by atoms with Crippen molar-refractivity contribution in [1.82, 2.24) is 0 Å². The number of carbonyl (C=O) groups is 2. The van der Waals surface area contributed by atoms with Gasteiger partial charge >= 0.3 is 11.9 Å². The van der Waals surface area contributed by atoms with Crippen LogP contribution in [-0.4, -0.2) is 23.9 Å². The van der Waals surface area contributed by atoms with Gasteiger partial charge in [-0.25, -0.2) is 4.79 Å². The molecule has 0 atom stereocenters. The average molecular weight is 307 g/mol. The number of esters is 2. The minimum Gasteiger partial charge on any atom is -0.460 e. The summed E-state index contributed by atoms with van der Waals surface area (Å²) in [6, 6.07) is 0. The third-order valence-electron chi connectivity index (χ3n) is 1.92. The summed E-state index contributed by atoms with van der Waals surface area (Å²) in [5, 5.41) is 0.929. The summed E-state index contributed by atoms with van der Waals surface area (Å²) in [7, 11) is 0. The molecule has 0 amide bonds. The molecule has 0 rings (SSSR count). The van der Waals surface area contributed by atoms with E-state index >= 15 is 0 Å². The number of carbonyl (C=O) groups excluding carboxylic acids is 2. The Morgan fingerprint density at radius 2 is 1.94 bits per heavy atom. The minimum atomic E-state index is -0.666. The quantitative estimate of drug-likeness (QED) is 0.216. The molecule has 0 aromatic carbocycles. The number of hydrogen-bond donors (Lipinski definition) is 0. The van der Waals surface area contributed by atoms with E-state index in [4.69, 9.17) is 9.47 Å². The summed E-state index contributed by atoms with van der Waals surface area (Å²) in [5.74, 6) is -1.33. The molecule has 5 heteroatoms. The molecule has 0 aliphatic heterocycles. The Kier molecular flexibility index (Phi) is 9.81. The van der Waals surface area contributed by atoms with Gasteiger partial charge in [0.2, 0.25) is 5.76 Å². The van der Waals surface area contributed by atoms with Gasteiger partial charge < -0.3 is 9.47 Å². The summed E-state index contributed by atoms with van der Waals surface area (Å²) in [4.78, 5) is 22.5. The SMILES string of the molecule is C=C(OC(=O)CCCCCBr)C(=O)OCCC. The molecule has 98 valence electrons. The van der Waals surface area contributed by atoms with Crippen LogP contribution in [0.15, 0.2) is 12.3 Å². The fourth-order valence-corrected chi connectivity index (χ4v) is 1.44. The summed E-state index contributed by atoms with van der Waals surface area (Å²) in [6.07, 6.45) is 3.74. The van der Waals surface area contributed by atoms with Crippen LogP contribution >= 0.6 is 15.9 Å². The number of unbranched alkanes of at least 4 members (excludes halogenated alkanes) is 2. The van der Waals surface area contributed by atoms with Crippen molar-refractivity contribution >= 4 is 27.9 Å². The van der Waals surface area contributed by atoms with Crippen LogP contribution < -0.4 is 0 Å². The Hall–Kier alpha value is -0.840. The molecular formula is C12H19BrO4. The normalized spacial score (nSPS) is 9.76. The van der Waals surface area contributed by atoms with E-state index in [0.717, 1.165) is 31.0 Å². The Bertz CT molecular complexity index is 263. The molecule has 0 unspecified atom stereocenters. The van der Waals surface area contributed by atoms with E-state index in [2.05, 4.69) is 22.5 Å². The molecule has 0 saturated carbocycles. The van der Waals surface area contributed by atoms with Crippen LogP contribution in [0.2, 0.25) is 0 Å². The zero-order valence-electron chi connectivity index (χ0n) is 10.2. The largest absolute Gasteiger partial charge is 0.460 e. The highest BCUT2D eigenvalue weighted by atomic mass is 79.9. The van der Waals surface area contributed by atoms with Gasteiger partial charge in [0.05, 0.1) is 6.61 Å². The van der Waals surface area contributed by atoms with Gasteiger partial charge in [-0.15, -0.1) is 0 Å². The van der Waals surface area contributed by atoms with Crippen molar-refractivity contribution in [1.29, 1.82) is 0 Å². The summed E-state index contributed by atoms with van der Waals surface area (Å²) in [5.41, 5.74) is 0. The van der Waals surface area contributed by atoms with E-state index in [1.165, 1.54) is 0 Å². The lowest BCUT2D eigenvalue weighted by molar-refractivity contribution is -0.151. The maximum Gasteiger partial charge on any atom is 0.373 e. The third kappa shape index (κ3) is 8.92. The molecule has 4 nitrogen and oxygen atoms in total. The van der Waals surface area contributed by atoms with Crippen LogP contribution in [0.25, 0.3) is 0 Å². The molecule has 0 heterocycles. The van der Waals surface area contributed by atoms with Gasteiger partial charge in [0.15, 0.2) is 0 Å². The van der Waals surface area contributed by atoms with Crippen molar-refractivity contribution < 1.29 is 19.1 Å². The molecule has 0 spiro atoms. The van der Waals surface area contributed by atoms with Gasteiger partial charge in [-0.1, -0.05) is 29.3 Å². The van der Waals surface area contributed by atoms with Crippen molar-refractivity contribution in [2.24, 2.45) is 0 Å². The Morgan fingerprint density at radius 3 is 2.53 bits per heavy atom. The predicted molar refractivity (Wildman–Crippen MR) is 68.7 cm³/mol. The van der Waals surface area contributed by atoms with Crippen molar-refractivity contribution in [3.8, 4) is 0 Å². The molecule has 0 N–H and O–H groups in total. The summed E-state index contributed by atoms with van der Waals surface area (Å²) < 4.78 is 9.54. The number of rotatable bonds is 9. The highest BCUT2D eigenvalue weighted by Gasteiger charge is 2.13. The van der Waals surface area contributed by atoms with Gasteiger partial charge in [-0.2, -0.15) is 0 Å². The number of hydrogen-bond acceptors (Lipinski definition) is 4. The van der Waals surface area contributed by atoms with E-state index in [1.807, 2.05) is 6.92 Å². The van der Waals surface area contributed by atoms with E-state index < -0.39 is 11.9 Å². The smallest absolute Gasteiger partial charge is 0.373 e. The van der Waals surface area contributed by atoms with Crippen LogP contribution in [-0.2, 0) is 19.1 Å². The first kappa shape index (κ1) is 16.2. The van der Waals surface area contributed by atoms with E-state index in [-0.39, 0.29) is 5.76 Å². The monoisotopic (exact) mass is 306 g/mol. The number of alkyl halides is 1. The maximum absolute atomic E-state index is 11.3. The Labute approximate surface area is 110 Å². The van der Waals surface area contributed by atoms with Crippen LogP contribution in [0.4, 0.5) is 0 Å². The zero-order chi connectivity index (χ0) is 13.1. The molecule has 17 heavy (non-hydrogen) atoms. The number of halogens is 1. The Balaban J connectivity index is 3.72. The second-order valence-corrected chi connectivity index (χ2v) is 4.33. The molecule has 0 radical (unpaired) electrons. The lowest BCUT2D eigenvalue weighted by Crippen LogP contribution is -2.14. The molecule has 0 aliphatic carbocycles. The van der Waals surface area contributed by atoms with Gasteiger partial charge in [0.1, 0.15) is 0 Å². The maximum atomic E-state index is 11.3. The second kappa shape index (κ2) is 10.3. The van der Waals surface area contributed by atoms with E-state index in [1.54, 1.807) is 0 Å². The van der Waals surface area contributed by atoms with Crippen molar-refractivity contribution in [3.63, 3.8) is 0 Å². The molecule has 0 aromatic heterocycles. The average Bonchev–Trinajstić information content (AvgIpc) is 2.31. The molecule has 0 bridgehead atoms. The molecular weight excluding hydrogens is 288 g/mol. The lowest BCUT2D eigenvalue weighted by Gasteiger charge is -2.06. The number of ether oxygens (including phenoxy) is 2. The van der Waals surface area contributed by atoms with Crippen molar-refractivity contribution in [2.45, 2.75) is 39.0 Å². The highest BCUT2D eigenvalue weighted by Crippen LogP contribution is 2.06. The first-order valence-corrected chi connectivity index (χ1v) is 6.86. The van der Waals surface area contributed by atoms with Crippen LogP contribution in [0, 0.1) is 0 Å². The van der Waals surface area contributed by atoms with E-state index in [9.17, 15) is 9.59 Å². The zero-order valence-corrected chi connectivity index (χ0v) is 11.8. The second-order valence-electron chi connectivity index (χ2n) is 3.53. The van der Waals surface area contributed by atoms with Gasteiger partial charge in [0.25, 0.3) is 0 Å². The van der Waals surface area contributed by atoms with E-state index in [0.29, 0.717) is 13.0 Å². The van der Waals surface area contributed by atoms with Crippen LogP contribution in [0.1, 0.15) is 39.0 Å². The van der Waals surface area contributed by atoms with Gasteiger partial charge in [-0.3, -0.25) is 4.79 Å². The molecule has 0 aromatic rings. The predicted octanol–water partition coefficient (Wildman–Crippen LogP) is 2.95. The first-order valence-electron chi connectivity index (χ1n) is 5.74. The van der Waals surface area contributed by atoms with Gasteiger partial charge in [-0.05, 0) is 25.8 Å².